The highest BCUT2D eigenvalue weighted by Crippen LogP contribution is 2.14. The topological polar surface area (TPSA) is 48.4 Å². The SMILES string of the molecule is NCCOCc1ccc(Br)o1. The fourth-order valence-electron chi connectivity index (χ4n) is 0.685. The second-order valence-corrected chi connectivity index (χ2v) is 2.83. The fourth-order valence-corrected chi connectivity index (χ4v) is 1.03. The molecule has 0 aliphatic rings. The lowest BCUT2D eigenvalue weighted by Crippen LogP contribution is -2.07. The average Bonchev–Trinajstić information content (AvgIpc) is 2.37. The first-order valence-corrected chi connectivity index (χ1v) is 4.14. The highest BCUT2D eigenvalue weighted by atomic mass is 79.9. The molecule has 0 bridgehead atoms. The molecule has 0 radical (unpaired) electrons. The summed E-state index contributed by atoms with van der Waals surface area (Å²) in [6.07, 6.45) is 0. The predicted molar refractivity (Wildman–Crippen MR) is 45.1 cm³/mol. The van der Waals surface area contributed by atoms with E-state index in [2.05, 4.69) is 15.9 Å². The Kier molecular flexibility index (Phi) is 3.62. The molecule has 0 aliphatic heterocycles. The highest BCUT2D eigenvalue weighted by Gasteiger charge is 1.97. The summed E-state index contributed by atoms with van der Waals surface area (Å²) in [6.45, 7) is 1.60. The van der Waals surface area contributed by atoms with Gasteiger partial charge in [0, 0.05) is 6.54 Å². The number of nitrogens with two attached hydrogens (primary N) is 1. The van der Waals surface area contributed by atoms with Crippen molar-refractivity contribution >= 4 is 15.9 Å². The van der Waals surface area contributed by atoms with Crippen molar-refractivity contribution in [3.8, 4) is 0 Å². The van der Waals surface area contributed by atoms with Crippen LogP contribution in [-0.4, -0.2) is 13.2 Å². The molecule has 0 spiro atoms. The van der Waals surface area contributed by atoms with Crippen molar-refractivity contribution in [1.82, 2.24) is 0 Å². The molecular weight excluding hydrogens is 210 g/mol. The summed E-state index contributed by atoms with van der Waals surface area (Å²) in [5, 5.41) is 0. The zero-order valence-electron chi connectivity index (χ0n) is 6.05. The molecule has 62 valence electrons. The monoisotopic (exact) mass is 219 g/mol. The van der Waals surface area contributed by atoms with Gasteiger partial charge < -0.3 is 14.9 Å². The number of hydrogen-bond acceptors (Lipinski definition) is 3. The summed E-state index contributed by atoms with van der Waals surface area (Å²) in [5.74, 6) is 0.810. The molecule has 0 atom stereocenters. The zero-order chi connectivity index (χ0) is 8.10. The van der Waals surface area contributed by atoms with Gasteiger partial charge in [0.2, 0.25) is 0 Å². The second kappa shape index (κ2) is 4.54. The van der Waals surface area contributed by atoms with Gasteiger partial charge in [-0.15, -0.1) is 0 Å². The minimum absolute atomic E-state index is 0.489. The van der Waals surface area contributed by atoms with E-state index in [9.17, 15) is 0 Å². The van der Waals surface area contributed by atoms with Crippen LogP contribution in [0.15, 0.2) is 21.2 Å². The molecule has 0 unspecified atom stereocenters. The first-order valence-electron chi connectivity index (χ1n) is 3.35. The lowest BCUT2D eigenvalue weighted by atomic mass is 10.5. The van der Waals surface area contributed by atoms with Gasteiger partial charge in [0.25, 0.3) is 0 Å². The lowest BCUT2D eigenvalue weighted by molar-refractivity contribution is 0.112. The summed E-state index contributed by atoms with van der Waals surface area (Å²) in [5.41, 5.74) is 5.23. The summed E-state index contributed by atoms with van der Waals surface area (Å²) < 4.78 is 11.0. The van der Waals surface area contributed by atoms with E-state index in [0.717, 1.165) is 10.4 Å². The van der Waals surface area contributed by atoms with Gasteiger partial charge in [0.05, 0.1) is 6.61 Å². The Morgan fingerprint density at radius 3 is 2.91 bits per heavy atom. The minimum Gasteiger partial charge on any atom is -0.452 e. The van der Waals surface area contributed by atoms with Gasteiger partial charge in [-0.25, -0.2) is 0 Å². The van der Waals surface area contributed by atoms with Crippen LogP contribution in [0.25, 0.3) is 0 Å². The maximum Gasteiger partial charge on any atom is 0.169 e. The Morgan fingerprint density at radius 2 is 2.36 bits per heavy atom. The van der Waals surface area contributed by atoms with E-state index >= 15 is 0 Å². The molecule has 1 heterocycles. The molecule has 1 aromatic heterocycles. The van der Waals surface area contributed by atoms with Gasteiger partial charge in [-0.05, 0) is 28.1 Å². The van der Waals surface area contributed by atoms with Gasteiger partial charge >= 0.3 is 0 Å². The molecule has 0 saturated carbocycles. The third-order valence-electron chi connectivity index (χ3n) is 1.14. The smallest absolute Gasteiger partial charge is 0.169 e. The molecule has 3 nitrogen and oxygen atoms in total. The van der Waals surface area contributed by atoms with Crippen LogP contribution in [-0.2, 0) is 11.3 Å². The Bertz CT molecular complexity index is 212. The Morgan fingerprint density at radius 1 is 1.55 bits per heavy atom. The van der Waals surface area contributed by atoms with Crippen molar-refractivity contribution in [1.29, 1.82) is 0 Å². The molecule has 1 rings (SSSR count). The van der Waals surface area contributed by atoms with Crippen molar-refractivity contribution in [2.75, 3.05) is 13.2 Å². The summed E-state index contributed by atoms with van der Waals surface area (Å²) in [7, 11) is 0. The Hall–Kier alpha value is -0.320. The number of furan rings is 1. The Labute approximate surface area is 73.6 Å². The molecule has 11 heavy (non-hydrogen) atoms. The maximum absolute atomic E-state index is 5.23. The standard InChI is InChI=1S/C7H10BrNO2/c8-7-2-1-6(11-7)5-10-4-3-9/h1-2H,3-5,9H2. The summed E-state index contributed by atoms with van der Waals surface area (Å²) in [6, 6.07) is 3.70. The first kappa shape index (κ1) is 8.77. The van der Waals surface area contributed by atoms with Crippen molar-refractivity contribution in [3.63, 3.8) is 0 Å². The lowest BCUT2D eigenvalue weighted by Gasteiger charge is -1.97. The van der Waals surface area contributed by atoms with Crippen LogP contribution >= 0.6 is 15.9 Å². The summed E-state index contributed by atoms with van der Waals surface area (Å²) in [4.78, 5) is 0. The molecule has 1 aromatic rings. The first-order chi connectivity index (χ1) is 5.33. The van der Waals surface area contributed by atoms with Crippen molar-refractivity contribution in [2.24, 2.45) is 5.73 Å². The van der Waals surface area contributed by atoms with Crippen molar-refractivity contribution in [2.45, 2.75) is 6.61 Å². The van der Waals surface area contributed by atoms with Crippen LogP contribution in [0.2, 0.25) is 0 Å². The van der Waals surface area contributed by atoms with Crippen molar-refractivity contribution < 1.29 is 9.15 Å². The predicted octanol–water partition coefficient (Wildman–Crippen LogP) is 1.52. The van der Waals surface area contributed by atoms with Gasteiger partial charge in [-0.3, -0.25) is 0 Å². The number of ether oxygens (including phenoxy) is 1. The van der Waals surface area contributed by atoms with Crippen LogP contribution in [0.4, 0.5) is 0 Å². The van der Waals surface area contributed by atoms with Gasteiger partial charge in [-0.1, -0.05) is 0 Å². The quantitative estimate of drug-likeness (QED) is 0.782. The van der Waals surface area contributed by atoms with Crippen LogP contribution in [0.1, 0.15) is 5.76 Å². The average molecular weight is 220 g/mol. The number of halogens is 1. The van der Waals surface area contributed by atoms with E-state index in [1.54, 1.807) is 0 Å². The molecule has 0 fully saturated rings. The highest BCUT2D eigenvalue weighted by molar-refractivity contribution is 9.10. The minimum atomic E-state index is 0.489. The molecule has 0 saturated heterocycles. The third-order valence-corrected chi connectivity index (χ3v) is 1.56. The Balaban J connectivity index is 2.27. The third kappa shape index (κ3) is 3.05. The second-order valence-electron chi connectivity index (χ2n) is 2.05. The molecular formula is C7H10BrNO2. The van der Waals surface area contributed by atoms with E-state index < -0.39 is 0 Å². The van der Waals surface area contributed by atoms with Crippen LogP contribution in [0, 0.1) is 0 Å². The van der Waals surface area contributed by atoms with E-state index in [1.165, 1.54) is 0 Å². The number of rotatable bonds is 4. The number of hydrogen-bond donors (Lipinski definition) is 1. The molecule has 0 amide bonds. The van der Waals surface area contributed by atoms with Crippen LogP contribution in [0.3, 0.4) is 0 Å². The van der Waals surface area contributed by atoms with E-state index in [0.29, 0.717) is 19.8 Å². The van der Waals surface area contributed by atoms with Crippen molar-refractivity contribution in [3.05, 3.63) is 22.6 Å². The van der Waals surface area contributed by atoms with Crippen LogP contribution < -0.4 is 5.73 Å². The molecule has 0 aromatic carbocycles. The zero-order valence-corrected chi connectivity index (χ0v) is 7.63. The van der Waals surface area contributed by atoms with Gasteiger partial charge in [0.15, 0.2) is 4.67 Å². The summed E-state index contributed by atoms with van der Waals surface area (Å²) >= 11 is 3.19. The molecule has 2 N–H and O–H groups in total. The van der Waals surface area contributed by atoms with Crippen LogP contribution in [0.5, 0.6) is 0 Å². The normalized spacial score (nSPS) is 10.4. The van der Waals surface area contributed by atoms with E-state index in [4.69, 9.17) is 14.9 Å². The van der Waals surface area contributed by atoms with Gasteiger partial charge in [0.1, 0.15) is 12.4 Å². The van der Waals surface area contributed by atoms with Gasteiger partial charge in [-0.2, -0.15) is 0 Å². The van der Waals surface area contributed by atoms with E-state index in [1.807, 2.05) is 12.1 Å². The van der Waals surface area contributed by atoms with E-state index in [-0.39, 0.29) is 0 Å². The largest absolute Gasteiger partial charge is 0.452 e. The maximum atomic E-state index is 5.23. The molecule has 0 aliphatic carbocycles. The fraction of sp³-hybridized carbons (Fsp3) is 0.429. The molecule has 4 heteroatoms.